The molecule has 0 saturated carbocycles. The first kappa shape index (κ1) is 34.9. The van der Waals surface area contributed by atoms with Crippen LogP contribution in [0.25, 0.3) is 0 Å². The average molecular weight is 728 g/mol. The predicted octanol–water partition coefficient (Wildman–Crippen LogP) is 5.51. The minimum Gasteiger partial charge on any atom is -0.490 e. The van der Waals surface area contributed by atoms with Crippen molar-refractivity contribution in [1.29, 1.82) is 0 Å². The number of aryl methyl sites for hydroxylation is 2. The summed E-state index contributed by atoms with van der Waals surface area (Å²) in [5.41, 5.74) is 2.96. The number of fused-ring (bicyclic) bond motifs is 4. The molecule has 1 amide bonds. The van der Waals surface area contributed by atoms with Crippen molar-refractivity contribution in [2.75, 3.05) is 37.7 Å². The van der Waals surface area contributed by atoms with E-state index in [-0.39, 0.29) is 42.5 Å². The first-order valence-corrected chi connectivity index (χ1v) is 19.2. The number of nitrogens with one attached hydrogen (secondary N) is 1. The molecule has 1 saturated heterocycles. The monoisotopic (exact) mass is 727 g/mol. The molecule has 2 aromatic carbocycles. The van der Waals surface area contributed by atoms with E-state index < -0.39 is 33.1 Å². The highest BCUT2D eigenvalue weighted by atomic mass is 35.5. The third-order valence-electron chi connectivity index (χ3n) is 10.9. The fourth-order valence-electron chi connectivity index (χ4n) is 7.79. The van der Waals surface area contributed by atoms with Crippen LogP contribution < -0.4 is 14.4 Å². The minimum atomic E-state index is -4.08. The van der Waals surface area contributed by atoms with Gasteiger partial charge in [-0.15, -0.1) is 0 Å². The van der Waals surface area contributed by atoms with Gasteiger partial charge in [0, 0.05) is 48.6 Å². The number of anilines is 1. The van der Waals surface area contributed by atoms with Gasteiger partial charge in [-0.1, -0.05) is 35.8 Å². The third-order valence-corrected chi connectivity index (χ3v) is 13.1. The molecule has 14 heteroatoms. The normalized spacial score (nSPS) is 29.4. The van der Waals surface area contributed by atoms with Crippen molar-refractivity contribution in [3.8, 4) is 5.75 Å². The maximum absolute atomic E-state index is 16.3. The Kier molecular flexibility index (Phi) is 9.70. The number of carbonyl (C=O) groups excluding carboxylic acids is 1. The van der Waals surface area contributed by atoms with Crippen LogP contribution in [0.1, 0.15) is 72.7 Å². The van der Waals surface area contributed by atoms with Crippen molar-refractivity contribution >= 4 is 33.2 Å². The van der Waals surface area contributed by atoms with Crippen molar-refractivity contribution in [2.24, 2.45) is 5.92 Å². The Morgan fingerprint density at radius 1 is 1.20 bits per heavy atom. The minimum absolute atomic E-state index is 0.0337. The molecule has 11 nitrogen and oxygen atoms in total. The van der Waals surface area contributed by atoms with E-state index in [1.54, 1.807) is 32.0 Å². The van der Waals surface area contributed by atoms with E-state index in [1.165, 1.54) is 24.1 Å². The summed E-state index contributed by atoms with van der Waals surface area (Å²) >= 11 is 6.43. The number of aromatic nitrogens is 2. The van der Waals surface area contributed by atoms with E-state index in [4.69, 9.17) is 25.6 Å². The molecular weight excluding hydrogens is 685 g/mol. The van der Waals surface area contributed by atoms with Gasteiger partial charge in [0.05, 0.1) is 30.2 Å². The zero-order valence-corrected chi connectivity index (χ0v) is 30.1. The summed E-state index contributed by atoms with van der Waals surface area (Å²) < 4.78 is 63.0. The lowest BCUT2D eigenvalue weighted by molar-refractivity contribution is -0.00695. The van der Waals surface area contributed by atoms with Crippen LogP contribution in [0.4, 0.5) is 10.1 Å². The summed E-state index contributed by atoms with van der Waals surface area (Å²) in [4.78, 5) is 22.1. The molecule has 0 radical (unpaired) electrons. The molecule has 4 aliphatic rings. The zero-order chi connectivity index (χ0) is 35.2. The van der Waals surface area contributed by atoms with Crippen LogP contribution in [0.15, 0.2) is 52.8 Å². The predicted molar refractivity (Wildman–Crippen MR) is 187 cm³/mol. The second kappa shape index (κ2) is 13.9. The van der Waals surface area contributed by atoms with Crippen molar-refractivity contribution in [2.45, 2.75) is 82.2 Å². The number of nitrogens with zero attached hydrogens (tertiary/aromatic N) is 4. The SMILES string of the molecule is Cc1nc(COC[C@H]2/C(F)=C/C[C@H](C)[C@@H](C)S(=O)(=O)NC(=O)c3ccc4c(c3)N(C[C@@H]3CCN32)C[C@@]2(CCCc3cc(Cl)ccc32)CO4)no1. The van der Waals surface area contributed by atoms with E-state index in [2.05, 4.69) is 30.7 Å². The van der Waals surface area contributed by atoms with E-state index >= 15 is 4.39 Å². The lowest BCUT2D eigenvalue weighted by atomic mass is 9.70. The summed E-state index contributed by atoms with van der Waals surface area (Å²) in [6.07, 6.45) is 5.25. The summed E-state index contributed by atoms with van der Waals surface area (Å²) in [5, 5.41) is 3.63. The maximum Gasteiger partial charge on any atom is 0.264 e. The zero-order valence-electron chi connectivity index (χ0n) is 28.5. The molecule has 3 aliphatic heterocycles. The van der Waals surface area contributed by atoms with Crippen LogP contribution in [-0.4, -0.2) is 79.5 Å². The van der Waals surface area contributed by atoms with Crippen molar-refractivity contribution < 1.29 is 31.6 Å². The molecule has 1 aliphatic carbocycles. The molecule has 50 heavy (non-hydrogen) atoms. The summed E-state index contributed by atoms with van der Waals surface area (Å²) in [7, 11) is -4.08. The number of allylic oxidation sites excluding steroid dienone is 1. The van der Waals surface area contributed by atoms with Gasteiger partial charge in [-0.3, -0.25) is 9.69 Å². The second-order valence-corrected chi connectivity index (χ2v) is 16.7. The Morgan fingerprint density at radius 3 is 2.80 bits per heavy atom. The van der Waals surface area contributed by atoms with Crippen LogP contribution in [0, 0.1) is 12.8 Å². The summed E-state index contributed by atoms with van der Waals surface area (Å²) in [6.45, 7) is 7.30. The van der Waals surface area contributed by atoms with Gasteiger partial charge in [0.25, 0.3) is 5.91 Å². The van der Waals surface area contributed by atoms with Crippen molar-refractivity contribution in [3.05, 3.63) is 81.7 Å². The standard InChI is InChI=1S/C36H43ClFN5O6S/c1-22-6-10-30(38)32(18-47-19-34-39-24(3)49-40-34)43-14-12-28(43)17-42-20-36(13-4-5-25-15-27(37)8-9-29(25)36)21-48-33-11-7-26(16-31(33)42)35(44)41-50(45,46)23(22)2/h7-11,15-16,22-23,28,32H,4-6,12-14,17-21H2,1-3H3,(H,41,44)/b30-10-/t22-,23+,28-,32-,36-/m0/s1. The number of amides is 1. The van der Waals surface area contributed by atoms with Gasteiger partial charge in [-0.2, -0.15) is 4.98 Å². The highest BCUT2D eigenvalue weighted by Crippen LogP contribution is 2.45. The van der Waals surface area contributed by atoms with E-state index in [9.17, 15) is 13.2 Å². The number of benzene rings is 2. The van der Waals surface area contributed by atoms with Crippen LogP contribution in [0.5, 0.6) is 5.75 Å². The van der Waals surface area contributed by atoms with E-state index in [1.807, 2.05) is 12.1 Å². The van der Waals surface area contributed by atoms with Crippen LogP contribution in [0.2, 0.25) is 5.02 Å². The Hall–Kier alpha value is -3.52. The van der Waals surface area contributed by atoms with Crippen LogP contribution in [0.3, 0.4) is 0 Å². The topological polar surface area (TPSA) is 127 Å². The highest BCUT2D eigenvalue weighted by Gasteiger charge is 2.44. The van der Waals surface area contributed by atoms with Crippen molar-refractivity contribution in [1.82, 2.24) is 19.8 Å². The van der Waals surface area contributed by atoms with Gasteiger partial charge in [0.1, 0.15) is 18.2 Å². The Labute approximate surface area is 297 Å². The number of carbonyl (C=O) groups is 1. The number of rotatable bonds is 4. The van der Waals surface area contributed by atoms with E-state index in [0.717, 1.165) is 25.7 Å². The molecular formula is C36H43ClFN5O6S. The summed E-state index contributed by atoms with van der Waals surface area (Å²) in [5.74, 6) is -0.165. The first-order chi connectivity index (χ1) is 23.9. The molecule has 5 atom stereocenters. The molecule has 2 bridgehead atoms. The Balaban J connectivity index is 1.27. The molecule has 3 aromatic rings. The van der Waals surface area contributed by atoms with Gasteiger partial charge in [0.15, 0.2) is 5.82 Å². The van der Waals surface area contributed by atoms with Gasteiger partial charge < -0.3 is 18.9 Å². The molecule has 1 spiro atoms. The molecule has 268 valence electrons. The Bertz CT molecular complexity index is 1900. The number of halogens is 2. The van der Waals surface area contributed by atoms with Gasteiger partial charge in [0.2, 0.25) is 15.9 Å². The highest BCUT2D eigenvalue weighted by molar-refractivity contribution is 7.90. The molecule has 1 fully saturated rings. The maximum atomic E-state index is 16.3. The molecule has 4 heterocycles. The number of hydrogen-bond acceptors (Lipinski definition) is 10. The fourth-order valence-corrected chi connectivity index (χ4v) is 9.27. The molecule has 1 N–H and O–H groups in total. The van der Waals surface area contributed by atoms with Gasteiger partial charge in [-0.25, -0.2) is 17.5 Å². The first-order valence-electron chi connectivity index (χ1n) is 17.3. The summed E-state index contributed by atoms with van der Waals surface area (Å²) in [6, 6.07) is 10.4. The number of sulfonamides is 1. The van der Waals surface area contributed by atoms with Crippen LogP contribution in [-0.2, 0) is 33.2 Å². The molecule has 0 unspecified atom stereocenters. The smallest absolute Gasteiger partial charge is 0.264 e. The fraction of sp³-hybridized carbons (Fsp3) is 0.528. The largest absolute Gasteiger partial charge is 0.490 e. The van der Waals surface area contributed by atoms with Crippen molar-refractivity contribution in [3.63, 3.8) is 0 Å². The third kappa shape index (κ3) is 6.89. The Morgan fingerprint density at radius 2 is 2.04 bits per heavy atom. The van der Waals surface area contributed by atoms with E-state index in [0.29, 0.717) is 54.4 Å². The number of ether oxygens (including phenoxy) is 2. The average Bonchev–Trinajstić information content (AvgIpc) is 3.43. The van der Waals surface area contributed by atoms with Gasteiger partial charge in [-0.05, 0) is 86.4 Å². The lowest BCUT2D eigenvalue weighted by Gasteiger charge is -2.49. The quantitative estimate of drug-likeness (QED) is 0.368. The second-order valence-electron chi connectivity index (χ2n) is 14.2. The lowest BCUT2D eigenvalue weighted by Crippen LogP contribution is -2.60. The molecule has 1 aromatic heterocycles. The number of hydrogen-bond donors (Lipinski definition) is 1. The van der Waals surface area contributed by atoms with Crippen LogP contribution >= 0.6 is 11.6 Å². The van der Waals surface area contributed by atoms with Gasteiger partial charge >= 0.3 is 0 Å². The molecule has 7 rings (SSSR count).